The normalized spacial score (nSPS) is 10.2. The van der Waals surface area contributed by atoms with Crippen LogP contribution in [0, 0.1) is 0 Å². The Labute approximate surface area is 119 Å². The van der Waals surface area contributed by atoms with Gasteiger partial charge in [-0.05, 0) is 36.7 Å². The summed E-state index contributed by atoms with van der Waals surface area (Å²) in [5.41, 5.74) is 1.50. The molecule has 1 heterocycles. The van der Waals surface area contributed by atoms with Crippen molar-refractivity contribution in [3.8, 4) is 5.75 Å². The molecule has 0 unspecified atom stereocenters. The lowest BCUT2D eigenvalue weighted by molar-refractivity contribution is 0.103. The minimum Gasteiger partial charge on any atom is -0.494 e. The molecule has 1 N–H and O–H groups in total. The third kappa shape index (κ3) is 3.42. The average molecular weight is 298 g/mol. The summed E-state index contributed by atoms with van der Waals surface area (Å²) in [6, 6.07) is 5.36. The average Bonchev–Trinajstić information content (AvgIpc) is 2.94. The maximum Gasteiger partial charge on any atom is 0.269 e. The molecule has 1 amide bonds. The Balaban J connectivity index is 2.15. The number of rotatable bonds is 5. The zero-order valence-corrected chi connectivity index (χ0v) is 11.8. The molecular weight excluding hydrogens is 286 g/mol. The Kier molecular flexibility index (Phi) is 4.70. The van der Waals surface area contributed by atoms with Crippen molar-refractivity contribution in [2.45, 2.75) is 12.8 Å². The van der Waals surface area contributed by atoms with Crippen LogP contribution < -0.4 is 10.1 Å². The number of nitrogens with one attached hydrogen (secondary N) is 1. The molecule has 19 heavy (non-hydrogen) atoms. The van der Waals surface area contributed by atoms with E-state index in [0.717, 1.165) is 22.8 Å². The van der Waals surface area contributed by atoms with Gasteiger partial charge in [0, 0.05) is 11.3 Å². The summed E-state index contributed by atoms with van der Waals surface area (Å²) in [7, 11) is 0. The highest BCUT2D eigenvalue weighted by Crippen LogP contribution is 2.25. The first-order valence-corrected chi connectivity index (χ1v) is 6.95. The van der Waals surface area contributed by atoms with Crippen LogP contribution in [0.4, 0.5) is 5.69 Å². The van der Waals surface area contributed by atoms with Gasteiger partial charge in [0.2, 0.25) is 0 Å². The van der Waals surface area contributed by atoms with E-state index in [9.17, 15) is 4.79 Å². The largest absolute Gasteiger partial charge is 0.494 e. The summed E-state index contributed by atoms with van der Waals surface area (Å²) in [4.78, 5) is 12.3. The first kappa shape index (κ1) is 13.8. The number of aromatic nitrogens is 2. The topological polar surface area (TPSA) is 64.1 Å². The molecule has 1 aromatic carbocycles. The fourth-order valence-electron chi connectivity index (χ4n) is 1.52. The molecule has 7 heteroatoms. The zero-order chi connectivity index (χ0) is 13.7. The van der Waals surface area contributed by atoms with Crippen LogP contribution in [0.25, 0.3) is 0 Å². The van der Waals surface area contributed by atoms with Gasteiger partial charge in [-0.3, -0.25) is 4.79 Å². The fraction of sp³-hybridized carbons (Fsp3) is 0.250. The van der Waals surface area contributed by atoms with E-state index in [0.29, 0.717) is 23.1 Å². The predicted octanol–water partition coefficient (Wildman–Crippen LogP) is 2.93. The summed E-state index contributed by atoms with van der Waals surface area (Å²) in [5.74, 6) is 0.816. The molecule has 0 aliphatic carbocycles. The summed E-state index contributed by atoms with van der Waals surface area (Å²) >= 11 is 6.91. The number of nitrogens with zero attached hydrogens (tertiary/aromatic N) is 2. The number of hydrogen-bond donors (Lipinski definition) is 1. The van der Waals surface area contributed by atoms with Gasteiger partial charge < -0.3 is 10.1 Å². The molecule has 1 aromatic heterocycles. The zero-order valence-electron chi connectivity index (χ0n) is 10.2. The maximum atomic E-state index is 11.8. The molecule has 0 aliphatic heterocycles. The third-order valence-corrected chi connectivity index (χ3v) is 3.30. The van der Waals surface area contributed by atoms with Crippen LogP contribution >= 0.6 is 23.1 Å². The van der Waals surface area contributed by atoms with Crippen molar-refractivity contribution in [2.24, 2.45) is 0 Å². The molecule has 2 aromatic rings. The molecular formula is C12H12ClN3O2S. The van der Waals surface area contributed by atoms with Gasteiger partial charge in [-0.2, -0.15) is 0 Å². The van der Waals surface area contributed by atoms with Crippen molar-refractivity contribution in [1.82, 2.24) is 9.59 Å². The van der Waals surface area contributed by atoms with Crippen molar-refractivity contribution in [3.63, 3.8) is 0 Å². The van der Waals surface area contributed by atoms with Gasteiger partial charge in [-0.15, -0.1) is 16.7 Å². The highest BCUT2D eigenvalue weighted by Gasteiger charge is 2.10. The van der Waals surface area contributed by atoms with Crippen LogP contribution in [0.2, 0.25) is 0 Å². The highest BCUT2D eigenvalue weighted by molar-refractivity contribution is 7.07. The van der Waals surface area contributed by atoms with E-state index >= 15 is 0 Å². The molecule has 0 aliphatic rings. The second kappa shape index (κ2) is 6.49. The maximum absolute atomic E-state index is 11.8. The van der Waals surface area contributed by atoms with Crippen LogP contribution in [-0.4, -0.2) is 22.1 Å². The summed E-state index contributed by atoms with van der Waals surface area (Å²) in [5, 5.41) is 6.39. The van der Waals surface area contributed by atoms with E-state index in [1.165, 1.54) is 6.20 Å². The number of carbonyl (C=O) groups is 1. The molecule has 0 atom stereocenters. The molecule has 0 radical (unpaired) electrons. The van der Waals surface area contributed by atoms with Crippen LogP contribution in [-0.2, 0) is 5.88 Å². The van der Waals surface area contributed by atoms with Crippen molar-refractivity contribution in [1.29, 1.82) is 0 Å². The van der Waals surface area contributed by atoms with E-state index in [1.807, 2.05) is 6.92 Å². The van der Waals surface area contributed by atoms with E-state index in [-0.39, 0.29) is 5.91 Å². The van der Waals surface area contributed by atoms with Crippen molar-refractivity contribution >= 4 is 34.7 Å². The summed E-state index contributed by atoms with van der Waals surface area (Å²) < 4.78 is 9.09. The highest BCUT2D eigenvalue weighted by atomic mass is 35.5. The van der Waals surface area contributed by atoms with Crippen molar-refractivity contribution in [2.75, 3.05) is 11.9 Å². The lowest BCUT2D eigenvalue weighted by Gasteiger charge is -2.10. The van der Waals surface area contributed by atoms with Crippen molar-refractivity contribution in [3.05, 3.63) is 34.8 Å². The quantitative estimate of drug-likeness (QED) is 0.862. The Hall–Kier alpha value is -1.66. The van der Waals surface area contributed by atoms with E-state index in [4.69, 9.17) is 16.3 Å². The molecule has 0 saturated heterocycles. The van der Waals surface area contributed by atoms with Gasteiger partial charge in [-0.25, -0.2) is 0 Å². The first-order valence-electron chi connectivity index (χ1n) is 5.65. The molecule has 100 valence electrons. The van der Waals surface area contributed by atoms with Crippen LogP contribution in [0.5, 0.6) is 5.75 Å². The van der Waals surface area contributed by atoms with E-state index < -0.39 is 0 Å². The fourth-order valence-corrected chi connectivity index (χ4v) is 2.14. The number of carbonyl (C=O) groups excluding carboxylic acids is 1. The van der Waals surface area contributed by atoms with Crippen LogP contribution in [0.15, 0.2) is 24.4 Å². The smallest absolute Gasteiger partial charge is 0.269 e. The minimum atomic E-state index is -0.236. The van der Waals surface area contributed by atoms with Crippen LogP contribution in [0.1, 0.15) is 22.2 Å². The number of anilines is 1. The summed E-state index contributed by atoms with van der Waals surface area (Å²) in [6.45, 7) is 2.48. The number of halogens is 1. The number of hydrogen-bond acceptors (Lipinski definition) is 5. The van der Waals surface area contributed by atoms with Gasteiger partial charge in [0.25, 0.3) is 5.91 Å². The standard InChI is InChI=1S/C12H12ClN3O2S/c1-2-18-10-4-3-9(5-8(10)6-13)15-12(17)11-7-14-16-19-11/h3-5,7H,2,6H2,1H3,(H,15,17). The van der Waals surface area contributed by atoms with Gasteiger partial charge in [0.15, 0.2) is 0 Å². The molecule has 0 bridgehead atoms. The Morgan fingerprint density at radius 1 is 1.53 bits per heavy atom. The van der Waals surface area contributed by atoms with Crippen molar-refractivity contribution < 1.29 is 9.53 Å². The van der Waals surface area contributed by atoms with Crippen LogP contribution in [0.3, 0.4) is 0 Å². The van der Waals surface area contributed by atoms with Gasteiger partial charge >= 0.3 is 0 Å². The molecule has 0 saturated carbocycles. The number of amides is 1. The van der Waals surface area contributed by atoms with Gasteiger partial charge in [0.05, 0.1) is 18.7 Å². The lowest BCUT2D eigenvalue weighted by atomic mass is 10.2. The van der Waals surface area contributed by atoms with E-state index in [2.05, 4.69) is 14.9 Å². The Bertz CT molecular complexity index is 560. The number of benzene rings is 1. The van der Waals surface area contributed by atoms with Gasteiger partial charge in [0.1, 0.15) is 10.6 Å². The van der Waals surface area contributed by atoms with E-state index in [1.54, 1.807) is 18.2 Å². The summed E-state index contributed by atoms with van der Waals surface area (Å²) in [6.07, 6.45) is 1.43. The third-order valence-electron chi connectivity index (χ3n) is 2.35. The lowest BCUT2D eigenvalue weighted by Crippen LogP contribution is -2.10. The Morgan fingerprint density at radius 2 is 2.37 bits per heavy atom. The molecule has 2 rings (SSSR count). The van der Waals surface area contributed by atoms with Gasteiger partial charge in [-0.1, -0.05) is 4.49 Å². The predicted molar refractivity (Wildman–Crippen MR) is 75.0 cm³/mol. The first-order chi connectivity index (χ1) is 9.24. The molecule has 0 fully saturated rings. The molecule has 5 nitrogen and oxygen atoms in total. The molecule has 0 spiro atoms. The number of ether oxygens (including phenoxy) is 1. The second-order valence-electron chi connectivity index (χ2n) is 3.63. The minimum absolute atomic E-state index is 0.236. The Morgan fingerprint density at radius 3 is 3.00 bits per heavy atom. The second-order valence-corrected chi connectivity index (χ2v) is 4.68. The SMILES string of the molecule is CCOc1ccc(NC(=O)c2cnns2)cc1CCl. The number of alkyl halides is 1. The monoisotopic (exact) mass is 297 g/mol.